The SMILES string of the molecule is COc1ccc(-n2nc(-c3ccccc3)cc2OC(=O)/C=C/c2ccccc2)cc1. The van der Waals surface area contributed by atoms with E-state index < -0.39 is 5.97 Å². The zero-order valence-electron chi connectivity index (χ0n) is 16.4. The largest absolute Gasteiger partial charge is 0.497 e. The van der Waals surface area contributed by atoms with E-state index >= 15 is 0 Å². The van der Waals surface area contributed by atoms with Gasteiger partial charge in [-0.05, 0) is 35.9 Å². The molecule has 0 saturated carbocycles. The van der Waals surface area contributed by atoms with Crippen LogP contribution >= 0.6 is 0 Å². The van der Waals surface area contributed by atoms with Crippen molar-refractivity contribution in [2.24, 2.45) is 0 Å². The van der Waals surface area contributed by atoms with E-state index in [1.54, 1.807) is 23.9 Å². The summed E-state index contributed by atoms with van der Waals surface area (Å²) in [7, 11) is 1.61. The Hall–Kier alpha value is -4.12. The van der Waals surface area contributed by atoms with Crippen molar-refractivity contribution in [3.8, 4) is 28.6 Å². The van der Waals surface area contributed by atoms with Gasteiger partial charge in [-0.25, -0.2) is 4.79 Å². The molecule has 5 nitrogen and oxygen atoms in total. The first-order valence-electron chi connectivity index (χ1n) is 9.48. The molecule has 4 aromatic rings. The Morgan fingerprint density at radius 3 is 2.23 bits per heavy atom. The Morgan fingerprint density at radius 1 is 0.900 bits per heavy atom. The molecule has 0 spiro atoms. The number of carbonyl (C=O) groups excluding carboxylic acids is 1. The van der Waals surface area contributed by atoms with Crippen LogP contribution < -0.4 is 9.47 Å². The number of rotatable bonds is 6. The van der Waals surface area contributed by atoms with Gasteiger partial charge in [0, 0.05) is 17.7 Å². The summed E-state index contributed by atoms with van der Waals surface area (Å²) in [5.41, 5.74) is 3.32. The van der Waals surface area contributed by atoms with Crippen LogP contribution in [0.15, 0.2) is 97.1 Å². The Bertz CT molecular complexity index is 1150. The van der Waals surface area contributed by atoms with E-state index in [-0.39, 0.29) is 0 Å². The van der Waals surface area contributed by atoms with E-state index in [1.165, 1.54) is 6.08 Å². The Morgan fingerprint density at radius 2 is 1.57 bits per heavy atom. The average Bonchev–Trinajstić information content (AvgIpc) is 3.22. The van der Waals surface area contributed by atoms with E-state index in [2.05, 4.69) is 5.10 Å². The van der Waals surface area contributed by atoms with Crippen LogP contribution in [-0.2, 0) is 4.79 Å². The first-order valence-corrected chi connectivity index (χ1v) is 9.48. The molecule has 1 heterocycles. The Labute approximate surface area is 174 Å². The third-order valence-electron chi connectivity index (χ3n) is 4.48. The van der Waals surface area contributed by atoms with Crippen molar-refractivity contribution in [2.75, 3.05) is 7.11 Å². The van der Waals surface area contributed by atoms with Gasteiger partial charge in [0.1, 0.15) is 5.75 Å². The molecule has 4 rings (SSSR count). The summed E-state index contributed by atoms with van der Waals surface area (Å²) in [5, 5.41) is 4.65. The third kappa shape index (κ3) is 4.47. The van der Waals surface area contributed by atoms with Gasteiger partial charge in [-0.3, -0.25) is 0 Å². The van der Waals surface area contributed by atoms with E-state index in [9.17, 15) is 4.79 Å². The molecule has 5 heteroatoms. The van der Waals surface area contributed by atoms with Gasteiger partial charge >= 0.3 is 5.97 Å². The predicted octanol–water partition coefficient (Wildman–Crippen LogP) is 5.17. The van der Waals surface area contributed by atoms with Gasteiger partial charge in [-0.15, -0.1) is 0 Å². The molecule has 1 aromatic heterocycles. The van der Waals surface area contributed by atoms with Crippen LogP contribution in [0.25, 0.3) is 23.0 Å². The second kappa shape index (κ2) is 8.92. The molecule has 0 fully saturated rings. The molecule has 0 radical (unpaired) electrons. The van der Waals surface area contributed by atoms with Gasteiger partial charge in [0.25, 0.3) is 0 Å². The zero-order chi connectivity index (χ0) is 20.8. The van der Waals surface area contributed by atoms with Gasteiger partial charge in [-0.2, -0.15) is 9.78 Å². The number of carbonyl (C=O) groups is 1. The first kappa shape index (κ1) is 19.2. The van der Waals surface area contributed by atoms with Crippen LogP contribution in [-0.4, -0.2) is 22.9 Å². The molecule has 0 saturated heterocycles. The number of aromatic nitrogens is 2. The monoisotopic (exact) mass is 396 g/mol. The molecule has 0 atom stereocenters. The van der Waals surface area contributed by atoms with Crippen LogP contribution in [0.3, 0.4) is 0 Å². The maximum atomic E-state index is 12.4. The summed E-state index contributed by atoms with van der Waals surface area (Å²) >= 11 is 0. The summed E-state index contributed by atoms with van der Waals surface area (Å²) < 4.78 is 12.5. The predicted molar refractivity (Wildman–Crippen MR) is 117 cm³/mol. The van der Waals surface area contributed by atoms with E-state index in [0.717, 1.165) is 22.6 Å². The Balaban J connectivity index is 1.65. The number of ether oxygens (including phenoxy) is 2. The minimum absolute atomic E-state index is 0.335. The topological polar surface area (TPSA) is 53.4 Å². The van der Waals surface area contributed by atoms with Crippen molar-refractivity contribution in [2.45, 2.75) is 0 Å². The molecule has 0 unspecified atom stereocenters. The highest BCUT2D eigenvalue weighted by atomic mass is 16.5. The van der Waals surface area contributed by atoms with Crippen molar-refractivity contribution < 1.29 is 14.3 Å². The standard InChI is InChI=1S/C25H20N2O3/c1-29-22-15-13-21(14-16-22)27-24(18-23(26-27)20-10-6-3-7-11-20)30-25(28)17-12-19-8-4-2-5-9-19/h2-18H,1H3/b17-12+. The summed E-state index contributed by atoms with van der Waals surface area (Å²) in [4.78, 5) is 12.4. The lowest BCUT2D eigenvalue weighted by Crippen LogP contribution is -2.08. The summed E-state index contributed by atoms with van der Waals surface area (Å²) in [5.74, 6) is 0.591. The number of hydrogen-bond donors (Lipinski definition) is 0. The summed E-state index contributed by atoms with van der Waals surface area (Å²) in [6.45, 7) is 0. The fourth-order valence-corrected chi connectivity index (χ4v) is 2.96. The van der Waals surface area contributed by atoms with Crippen LogP contribution in [0.1, 0.15) is 5.56 Å². The average molecular weight is 396 g/mol. The highest BCUT2D eigenvalue weighted by molar-refractivity contribution is 5.88. The van der Waals surface area contributed by atoms with Gasteiger partial charge in [0.05, 0.1) is 18.5 Å². The number of hydrogen-bond acceptors (Lipinski definition) is 4. The minimum atomic E-state index is -0.479. The van der Waals surface area contributed by atoms with Crippen molar-refractivity contribution in [1.82, 2.24) is 9.78 Å². The number of benzene rings is 3. The van der Waals surface area contributed by atoms with Gasteiger partial charge in [0.15, 0.2) is 0 Å². The molecule has 0 aliphatic heterocycles. The van der Waals surface area contributed by atoms with Crippen molar-refractivity contribution >= 4 is 12.0 Å². The highest BCUT2D eigenvalue weighted by Gasteiger charge is 2.15. The van der Waals surface area contributed by atoms with Gasteiger partial charge in [-0.1, -0.05) is 60.7 Å². The molecule has 0 N–H and O–H groups in total. The van der Waals surface area contributed by atoms with Crippen molar-refractivity contribution in [1.29, 1.82) is 0 Å². The molecule has 30 heavy (non-hydrogen) atoms. The smallest absolute Gasteiger partial charge is 0.337 e. The van der Waals surface area contributed by atoms with Crippen LogP contribution in [0, 0.1) is 0 Å². The molecule has 148 valence electrons. The number of esters is 1. The van der Waals surface area contributed by atoms with E-state index in [0.29, 0.717) is 11.6 Å². The lowest BCUT2D eigenvalue weighted by Gasteiger charge is -2.07. The highest BCUT2D eigenvalue weighted by Crippen LogP contribution is 2.27. The fraction of sp³-hybridized carbons (Fsp3) is 0.0400. The maximum Gasteiger partial charge on any atom is 0.337 e. The second-order valence-corrected chi connectivity index (χ2v) is 6.51. The second-order valence-electron chi connectivity index (χ2n) is 6.51. The first-order chi connectivity index (χ1) is 14.7. The zero-order valence-corrected chi connectivity index (χ0v) is 16.4. The molecule has 0 amide bonds. The quantitative estimate of drug-likeness (QED) is 0.333. The lowest BCUT2D eigenvalue weighted by atomic mass is 10.2. The fourth-order valence-electron chi connectivity index (χ4n) is 2.96. The van der Waals surface area contributed by atoms with E-state index in [1.807, 2.05) is 84.9 Å². The van der Waals surface area contributed by atoms with Gasteiger partial charge < -0.3 is 9.47 Å². The number of methoxy groups -OCH3 is 1. The van der Waals surface area contributed by atoms with Crippen molar-refractivity contribution in [3.63, 3.8) is 0 Å². The Kier molecular flexibility index (Phi) is 5.71. The molecular weight excluding hydrogens is 376 g/mol. The lowest BCUT2D eigenvalue weighted by molar-refractivity contribution is -0.129. The van der Waals surface area contributed by atoms with Gasteiger partial charge in [0.2, 0.25) is 5.88 Å². The van der Waals surface area contributed by atoms with Crippen molar-refractivity contribution in [3.05, 3.63) is 103 Å². The molecule has 0 aliphatic rings. The summed E-state index contributed by atoms with van der Waals surface area (Å²) in [6.07, 6.45) is 3.12. The van der Waals surface area contributed by atoms with Crippen LogP contribution in [0.2, 0.25) is 0 Å². The molecule has 3 aromatic carbocycles. The van der Waals surface area contributed by atoms with E-state index in [4.69, 9.17) is 9.47 Å². The molecular formula is C25H20N2O3. The third-order valence-corrected chi connectivity index (χ3v) is 4.48. The van der Waals surface area contributed by atoms with Crippen LogP contribution in [0.5, 0.6) is 11.6 Å². The normalized spacial score (nSPS) is 10.8. The summed E-state index contributed by atoms with van der Waals surface area (Å²) in [6, 6.07) is 28.5. The maximum absolute atomic E-state index is 12.4. The van der Waals surface area contributed by atoms with Crippen LogP contribution in [0.4, 0.5) is 0 Å². The molecule has 0 bridgehead atoms. The minimum Gasteiger partial charge on any atom is -0.497 e. The molecule has 0 aliphatic carbocycles. The number of nitrogens with zero attached hydrogens (tertiary/aromatic N) is 2.